The van der Waals surface area contributed by atoms with Crippen LogP contribution in [0, 0.1) is 5.92 Å². The van der Waals surface area contributed by atoms with Crippen LogP contribution in [0.2, 0.25) is 0 Å². The molecule has 0 spiro atoms. The lowest BCUT2D eigenvalue weighted by atomic mass is 9.89. The quantitative estimate of drug-likeness (QED) is 0.439. The molecule has 5 nitrogen and oxygen atoms in total. The van der Waals surface area contributed by atoms with E-state index in [4.69, 9.17) is 0 Å². The third-order valence-corrected chi connectivity index (χ3v) is 3.57. The van der Waals surface area contributed by atoms with E-state index in [1.165, 1.54) is 32.1 Å². The van der Waals surface area contributed by atoms with Crippen molar-refractivity contribution in [1.29, 1.82) is 0 Å². The molecule has 0 radical (unpaired) electrons. The van der Waals surface area contributed by atoms with E-state index in [9.17, 15) is 4.79 Å². The molecule has 1 amide bonds. The maximum absolute atomic E-state index is 11.6. The van der Waals surface area contributed by atoms with E-state index < -0.39 is 0 Å². The molecule has 1 aliphatic rings. The average molecular weight is 280 g/mol. The molecule has 1 saturated carbocycles. The monoisotopic (exact) mass is 280 g/mol. The second-order valence-electron chi connectivity index (χ2n) is 5.51. The largest absolute Gasteiger partial charge is 0.356 e. The fourth-order valence-electron chi connectivity index (χ4n) is 2.26. The van der Waals surface area contributed by atoms with Crippen molar-refractivity contribution in [3.05, 3.63) is 12.7 Å². The Morgan fingerprint density at radius 2 is 2.00 bits per heavy atom. The molecule has 0 aromatic rings. The van der Waals surface area contributed by atoms with E-state index >= 15 is 0 Å². The lowest BCUT2D eigenvalue weighted by Crippen LogP contribution is -2.41. The SMILES string of the molecule is C=CCNC(=NCC(=O)N(C)C)NCC1CCCCC1. The third kappa shape index (κ3) is 6.59. The molecule has 0 saturated heterocycles. The van der Waals surface area contributed by atoms with Crippen molar-refractivity contribution in [1.82, 2.24) is 15.5 Å². The minimum Gasteiger partial charge on any atom is -0.356 e. The highest BCUT2D eigenvalue weighted by atomic mass is 16.2. The van der Waals surface area contributed by atoms with Crippen molar-refractivity contribution in [3.63, 3.8) is 0 Å². The highest BCUT2D eigenvalue weighted by molar-refractivity contribution is 5.84. The summed E-state index contributed by atoms with van der Waals surface area (Å²) in [4.78, 5) is 17.4. The Hall–Kier alpha value is -1.52. The van der Waals surface area contributed by atoms with Crippen LogP contribution in [-0.2, 0) is 4.79 Å². The van der Waals surface area contributed by atoms with Crippen LogP contribution < -0.4 is 10.6 Å². The molecule has 0 bridgehead atoms. The van der Waals surface area contributed by atoms with Crippen LogP contribution in [0.4, 0.5) is 0 Å². The zero-order valence-electron chi connectivity index (χ0n) is 12.8. The number of hydrogen-bond donors (Lipinski definition) is 2. The van der Waals surface area contributed by atoms with E-state index in [0.29, 0.717) is 12.5 Å². The molecule has 0 atom stereocenters. The highest BCUT2D eigenvalue weighted by Gasteiger charge is 2.13. The number of hydrogen-bond acceptors (Lipinski definition) is 2. The van der Waals surface area contributed by atoms with E-state index in [1.54, 1.807) is 25.1 Å². The van der Waals surface area contributed by atoms with Crippen molar-refractivity contribution >= 4 is 11.9 Å². The number of carbonyl (C=O) groups is 1. The van der Waals surface area contributed by atoms with Crippen LogP contribution in [0.3, 0.4) is 0 Å². The summed E-state index contributed by atoms with van der Waals surface area (Å²) < 4.78 is 0. The lowest BCUT2D eigenvalue weighted by Gasteiger charge is -2.23. The molecule has 0 aromatic heterocycles. The number of guanidine groups is 1. The molecular weight excluding hydrogens is 252 g/mol. The van der Waals surface area contributed by atoms with Gasteiger partial charge in [0.15, 0.2) is 5.96 Å². The second kappa shape index (κ2) is 9.39. The molecule has 0 aliphatic heterocycles. The Bertz CT molecular complexity index is 333. The zero-order chi connectivity index (χ0) is 14.8. The Balaban J connectivity index is 2.43. The van der Waals surface area contributed by atoms with E-state index in [0.717, 1.165) is 12.5 Å². The van der Waals surface area contributed by atoms with E-state index in [1.807, 2.05) is 0 Å². The minimum atomic E-state index is 0.00219. The summed E-state index contributed by atoms with van der Waals surface area (Å²) in [5.41, 5.74) is 0. The van der Waals surface area contributed by atoms with Crippen LogP contribution in [0.5, 0.6) is 0 Å². The standard InChI is InChI=1S/C15H28N4O/c1-4-10-16-15(18-12-14(20)19(2)3)17-11-13-8-6-5-7-9-13/h4,13H,1,5-12H2,2-3H3,(H2,16,17,18). The Morgan fingerprint density at radius 1 is 1.30 bits per heavy atom. The summed E-state index contributed by atoms with van der Waals surface area (Å²) >= 11 is 0. The molecule has 1 aliphatic carbocycles. The van der Waals surface area contributed by atoms with Crippen LogP contribution in [0.1, 0.15) is 32.1 Å². The number of likely N-dealkylation sites (N-methyl/N-ethyl adjacent to an activating group) is 1. The van der Waals surface area contributed by atoms with Gasteiger partial charge in [0.25, 0.3) is 0 Å². The van der Waals surface area contributed by atoms with E-state index in [-0.39, 0.29) is 12.5 Å². The first-order chi connectivity index (χ1) is 9.63. The average Bonchev–Trinajstić information content (AvgIpc) is 2.47. The first-order valence-corrected chi connectivity index (χ1v) is 7.46. The molecule has 0 heterocycles. The molecule has 1 rings (SSSR count). The molecule has 1 fully saturated rings. The van der Waals surface area contributed by atoms with Crippen LogP contribution in [0.15, 0.2) is 17.6 Å². The fraction of sp³-hybridized carbons (Fsp3) is 0.733. The van der Waals surface area contributed by atoms with Crippen LogP contribution >= 0.6 is 0 Å². The van der Waals surface area contributed by atoms with Gasteiger partial charge in [0.1, 0.15) is 6.54 Å². The van der Waals surface area contributed by atoms with Gasteiger partial charge in [-0.05, 0) is 18.8 Å². The smallest absolute Gasteiger partial charge is 0.243 e. The zero-order valence-corrected chi connectivity index (χ0v) is 12.8. The number of nitrogens with one attached hydrogen (secondary N) is 2. The van der Waals surface area contributed by atoms with Crippen molar-refractivity contribution in [2.45, 2.75) is 32.1 Å². The summed E-state index contributed by atoms with van der Waals surface area (Å²) in [5.74, 6) is 1.43. The molecular formula is C15H28N4O. The van der Waals surface area contributed by atoms with Crippen molar-refractivity contribution in [3.8, 4) is 0 Å². The topological polar surface area (TPSA) is 56.7 Å². The first kappa shape index (κ1) is 16.5. The van der Waals surface area contributed by atoms with Gasteiger partial charge in [0, 0.05) is 27.2 Å². The molecule has 0 unspecified atom stereocenters. The first-order valence-electron chi connectivity index (χ1n) is 7.46. The normalized spacial score (nSPS) is 16.6. The van der Waals surface area contributed by atoms with Gasteiger partial charge in [0.2, 0.25) is 5.91 Å². The number of nitrogens with zero attached hydrogens (tertiary/aromatic N) is 2. The molecule has 20 heavy (non-hydrogen) atoms. The molecule has 2 N–H and O–H groups in total. The van der Waals surface area contributed by atoms with Gasteiger partial charge in [-0.25, -0.2) is 4.99 Å². The van der Waals surface area contributed by atoms with E-state index in [2.05, 4.69) is 22.2 Å². The highest BCUT2D eigenvalue weighted by Crippen LogP contribution is 2.22. The summed E-state index contributed by atoms with van der Waals surface area (Å²) in [6.45, 7) is 5.43. The van der Waals surface area contributed by atoms with Crippen molar-refractivity contribution in [2.24, 2.45) is 10.9 Å². The molecule has 114 valence electrons. The third-order valence-electron chi connectivity index (χ3n) is 3.57. The van der Waals surface area contributed by atoms with Gasteiger partial charge >= 0.3 is 0 Å². The minimum absolute atomic E-state index is 0.00219. The van der Waals surface area contributed by atoms with Gasteiger partial charge in [-0.2, -0.15) is 0 Å². The molecule has 0 aromatic carbocycles. The maximum atomic E-state index is 11.6. The lowest BCUT2D eigenvalue weighted by molar-refractivity contribution is -0.127. The van der Waals surface area contributed by atoms with Gasteiger partial charge in [-0.3, -0.25) is 4.79 Å². The van der Waals surface area contributed by atoms with Crippen molar-refractivity contribution in [2.75, 3.05) is 33.7 Å². The van der Waals surface area contributed by atoms with Crippen LogP contribution in [-0.4, -0.2) is 50.5 Å². The maximum Gasteiger partial charge on any atom is 0.243 e. The number of rotatable bonds is 6. The number of aliphatic imine (C=N–C) groups is 1. The van der Waals surface area contributed by atoms with Gasteiger partial charge in [-0.15, -0.1) is 6.58 Å². The fourth-order valence-corrected chi connectivity index (χ4v) is 2.26. The molecule has 5 heteroatoms. The predicted octanol–water partition coefficient (Wildman–Crippen LogP) is 1.38. The summed E-state index contributed by atoms with van der Waals surface area (Å²) in [6.07, 6.45) is 8.39. The second-order valence-corrected chi connectivity index (χ2v) is 5.51. The Kier molecular flexibility index (Phi) is 7.77. The van der Waals surface area contributed by atoms with Crippen LogP contribution in [0.25, 0.3) is 0 Å². The van der Waals surface area contributed by atoms with Crippen molar-refractivity contribution < 1.29 is 4.79 Å². The van der Waals surface area contributed by atoms with Gasteiger partial charge in [-0.1, -0.05) is 25.3 Å². The number of carbonyl (C=O) groups excluding carboxylic acids is 1. The summed E-state index contributed by atoms with van der Waals surface area (Å²) in [6, 6.07) is 0. The predicted molar refractivity (Wildman–Crippen MR) is 83.8 cm³/mol. The summed E-state index contributed by atoms with van der Waals surface area (Å²) in [5, 5.41) is 6.49. The summed E-state index contributed by atoms with van der Waals surface area (Å²) in [7, 11) is 3.48. The Morgan fingerprint density at radius 3 is 2.60 bits per heavy atom. The van der Waals surface area contributed by atoms with Gasteiger partial charge in [0.05, 0.1) is 0 Å². The van der Waals surface area contributed by atoms with Gasteiger partial charge < -0.3 is 15.5 Å². The Labute approximate surface area is 122 Å². The number of amides is 1.